The largest absolute Gasteiger partial charge is 0.326 e. The summed E-state index contributed by atoms with van der Waals surface area (Å²) in [7, 11) is 0. The van der Waals surface area contributed by atoms with Crippen molar-refractivity contribution in [1.82, 2.24) is 4.98 Å². The molecule has 0 aliphatic carbocycles. The fraction of sp³-hybridized carbons (Fsp3) is 0.190. The second-order valence-electron chi connectivity index (χ2n) is 6.09. The molecule has 2 aromatic carbocycles. The Labute approximate surface area is 163 Å². The van der Waals surface area contributed by atoms with E-state index in [2.05, 4.69) is 20.8 Å². The standard InChI is InChI=1S/C21H22N4OS/c1-3-7-20(26)22-18-12-10-17(11-13-18)19-14-27-21(23-19)25-24-15(2)16-8-5-4-6-9-16/h4-6,8-14H,3,7H2,1-2H3,(H,22,26)(H,23,25)/b24-15-. The molecular weight excluding hydrogens is 356 g/mol. The summed E-state index contributed by atoms with van der Waals surface area (Å²) in [6.07, 6.45) is 1.37. The van der Waals surface area contributed by atoms with Gasteiger partial charge in [0.2, 0.25) is 11.0 Å². The number of aromatic nitrogens is 1. The highest BCUT2D eigenvalue weighted by atomic mass is 32.1. The first-order valence-electron chi connectivity index (χ1n) is 8.87. The van der Waals surface area contributed by atoms with Gasteiger partial charge in [0, 0.05) is 23.1 Å². The van der Waals surface area contributed by atoms with Gasteiger partial charge in [-0.3, -0.25) is 10.2 Å². The molecule has 1 heterocycles. The molecule has 0 aliphatic rings. The number of benzene rings is 2. The Morgan fingerprint density at radius 3 is 2.56 bits per heavy atom. The quantitative estimate of drug-likeness (QED) is 0.428. The summed E-state index contributed by atoms with van der Waals surface area (Å²) in [4.78, 5) is 16.2. The molecule has 0 saturated carbocycles. The highest BCUT2D eigenvalue weighted by molar-refractivity contribution is 7.14. The van der Waals surface area contributed by atoms with Crippen LogP contribution >= 0.6 is 11.3 Å². The van der Waals surface area contributed by atoms with Gasteiger partial charge in [0.05, 0.1) is 11.4 Å². The number of hydrogen-bond acceptors (Lipinski definition) is 5. The number of anilines is 2. The van der Waals surface area contributed by atoms with Crippen molar-refractivity contribution in [2.24, 2.45) is 5.10 Å². The Hall–Kier alpha value is -2.99. The Morgan fingerprint density at radius 1 is 1.11 bits per heavy atom. The number of amides is 1. The van der Waals surface area contributed by atoms with Gasteiger partial charge in [-0.25, -0.2) is 4.98 Å². The van der Waals surface area contributed by atoms with Crippen LogP contribution < -0.4 is 10.7 Å². The molecule has 0 aliphatic heterocycles. The van der Waals surface area contributed by atoms with Crippen LogP contribution in [0.5, 0.6) is 0 Å². The van der Waals surface area contributed by atoms with Gasteiger partial charge in [-0.2, -0.15) is 5.10 Å². The van der Waals surface area contributed by atoms with Crippen molar-refractivity contribution in [2.45, 2.75) is 26.7 Å². The van der Waals surface area contributed by atoms with E-state index >= 15 is 0 Å². The molecule has 1 amide bonds. The minimum Gasteiger partial charge on any atom is -0.326 e. The van der Waals surface area contributed by atoms with Crippen molar-refractivity contribution in [3.63, 3.8) is 0 Å². The number of carbonyl (C=O) groups excluding carboxylic acids is 1. The molecule has 5 nitrogen and oxygen atoms in total. The van der Waals surface area contributed by atoms with Crippen LogP contribution in [0.3, 0.4) is 0 Å². The van der Waals surface area contributed by atoms with E-state index in [0.717, 1.165) is 39.8 Å². The minimum atomic E-state index is 0.0389. The van der Waals surface area contributed by atoms with E-state index in [1.54, 1.807) is 0 Å². The zero-order valence-corrected chi connectivity index (χ0v) is 16.2. The van der Waals surface area contributed by atoms with Crippen LogP contribution in [-0.4, -0.2) is 16.6 Å². The topological polar surface area (TPSA) is 66.4 Å². The van der Waals surface area contributed by atoms with Gasteiger partial charge in [0.1, 0.15) is 0 Å². The molecule has 0 radical (unpaired) electrons. The van der Waals surface area contributed by atoms with Gasteiger partial charge >= 0.3 is 0 Å². The molecule has 0 unspecified atom stereocenters. The average Bonchev–Trinajstić information content (AvgIpc) is 3.16. The van der Waals surface area contributed by atoms with Crippen molar-refractivity contribution in [3.8, 4) is 11.3 Å². The maximum Gasteiger partial charge on any atom is 0.224 e. The number of nitrogens with zero attached hydrogens (tertiary/aromatic N) is 2. The molecule has 0 bridgehead atoms. The maximum atomic E-state index is 11.7. The van der Waals surface area contributed by atoms with Crippen LogP contribution in [-0.2, 0) is 4.79 Å². The summed E-state index contributed by atoms with van der Waals surface area (Å²) in [5.74, 6) is 0.0389. The smallest absolute Gasteiger partial charge is 0.224 e. The van der Waals surface area contributed by atoms with Crippen molar-refractivity contribution in [2.75, 3.05) is 10.7 Å². The van der Waals surface area contributed by atoms with Crippen LogP contribution in [0.2, 0.25) is 0 Å². The summed E-state index contributed by atoms with van der Waals surface area (Å²) in [6, 6.07) is 17.7. The first-order chi connectivity index (χ1) is 13.2. The molecule has 2 N–H and O–H groups in total. The Balaban J connectivity index is 1.64. The molecule has 6 heteroatoms. The number of hydrazone groups is 1. The van der Waals surface area contributed by atoms with Crippen molar-refractivity contribution in [1.29, 1.82) is 0 Å². The predicted molar refractivity (Wildman–Crippen MR) is 113 cm³/mol. The zero-order chi connectivity index (χ0) is 19.1. The molecule has 0 saturated heterocycles. The van der Waals surface area contributed by atoms with E-state index in [4.69, 9.17) is 0 Å². The Morgan fingerprint density at radius 2 is 1.85 bits per heavy atom. The lowest BCUT2D eigenvalue weighted by atomic mass is 10.1. The lowest BCUT2D eigenvalue weighted by molar-refractivity contribution is -0.116. The zero-order valence-electron chi connectivity index (χ0n) is 15.4. The molecule has 138 valence electrons. The monoisotopic (exact) mass is 378 g/mol. The average molecular weight is 379 g/mol. The van der Waals surface area contributed by atoms with E-state index in [9.17, 15) is 4.79 Å². The number of nitrogens with one attached hydrogen (secondary N) is 2. The van der Waals surface area contributed by atoms with Gasteiger partial charge in [-0.1, -0.05) is 49.4 Å². The number of carbonyl (C=O) groups is 1. The van der Waals surface area contributed by atoms with Crippen molar-refractivity contribution < 1.29 is 4.79 Å². The molecule has 1 aromatic heterocycles. The van der Waals surface area contributed by atoms with E-state index in [1.165, 1.54) is 11.3 Å². The lowest BCUT2D eigenvalue weighted by Gasteiger charge is -2.05. The summed E-state index contributed by atoms with van der Waals surface area (Å²) < 4.78 is 0. The summed E-state index contributed by atoms with van der Waals surface area (Å²) in [5, 5.41) is 10.0. The van der Waals surface area contributed by atoms with Crippen molar-refractivity contribution >= 4 is 33.8 Å². The lowest BCUT2D eigenvalue weighted by Crippen LogP contribution is -2.10. The highest BCUT2D eigenvalue weighted by Crippen LogP contribution is 2.26. The van der Waals surface area contributed by atoms with Crippen LogP contribution in [0.25, 0.3) is 11.3 Å². The van der Waals surface area contributed by atoms with Gasteiger partial charge in [-0.05, 0) is 31.0 Å². The molecule has 3 rings (SSSR count). The van der Waals surface area contributed by atoms with Crippen molar-refractivity contribution in [3.05, 3.63) is 65.5 Å². The normalized spacial score (nSPS) is 11.3. The van der Waals surface area contributed by atoms with Crippen LogP contribution in [0.1, 0.15) is 32.3 Å². The second-order valence-corrected chi connectivity index (χ2v) is 6.95. The van der Waals surface area contributed by atoms with E-state index in [1.807, 2.05) is 73.8 Å². The molecule has 0 atom stereocenters. The first-order valence-corrected chi connectivity index (χ1v) is 9.75. The Bertz CT molecular complexity index is 917. The van der Waals surface area contributed by atoms with Gasteiger partial charge < -0.3 is 5.32 Å². The predicted octanol–water partition coefficient (Wildman–Crippen LogP) is 5.38. The third-order valence-electron chi connectivity index (χ3n) is 3.96. The fourth-order valence-electron chi connectivity index (χ4n) is 2.51. The summed E-state index contributed by atoms with van der Waals surface area (Å²) in [5.41, 5.74) is 7.67. The molecule has 27 heavy (non-hydrogen) atoms. The van der Waals surface area contributed by atoms with Gasteiger partial charge in [0.15, 0.2) is 0 Å². The summed E-state index contributed by atoms with van der Waals surface area (Å²) >= 11 is 1.50. The fourth-order valence-corrected chi connectivity index (χ4v) is 3.17. The van der Waals surface area contributed by atoms with Crippen LogP contribution in [0.4, 0.5) is 10.8 Å². The van der Waals surface area contributed by atoms with E-state index in [0.29, 0.717) is 6.42 Å². The molecular formula is C21H22N4OS. The third-order valence-corrected chi connectivity index (χ3v) is 4.70. The SMILES string of the molecule is CCCC(=O)Nc1ccc(-c2csc(N/N=C(/C)c3ccccc3)n2)cc1. The minimum absolute atomic E-state index is 0.0389. The maximum absolute atomic E-state index is 11.7. The molecule has 3 aromatic rings. The van der Waals surface area contributed by atoms with E-state index in [-0.39, 0.29) is 5.91 Å². The van der Waals surface area contributed by atoms with E-state index < -0.39 is 0 Å². The highest BCUT2D eigenvalue weighted by Gasteiger charge is 2.06. The van der Waals surface area contributed by atoms with Gasteiger partial charge in [0.25, 0.3) is 0 Å². The number of hydrogen-bond donors (Lipinski definition) is 2. The Kier molecular flexibility index (Phi) is 6.33. The second kappa shape index (κ2) is 9.09. The molecule has 0 spiro atoms. The van der Waals surface area contributed by atoms with Crippen LogP contribution in [0.15, 0.2) is 65.1 Å². The number of rotatable bonds is 7. The summed E-state index contributed by atoms with van der Waals surface area (Å²) in [6.45, 7) is 3.95. The van der Waals surface area contributed by atoms with Gasteiger partial charge in [-0.15, -0.1) is 11.3 Å². The first kappa shape index (κ1) is 18.8. The number of thiazole rings is 1. The van der Waals surface area contributed by atoms with Crippen LogP contribution in [0, 0.1) is 0 Å². The third kappa shape index (κ3) is 5.24. The molecule has 0 fully saturated rings.